The zero-order chi connectivity index (χ0) is 16.8. The van der Waals surface area contributed by atoms with Crippen molar-refractivity contribution in [3.05, 3.63) is 66.7 Å². The lowest BCUT2D eigenvalue weighted by atomic mass is 10.2. The Balaban J connectivity index is 1.88. The highest BCUT2D eigenvalue weighted by Crippen LogP contribution is 2.19. The number of amides is 1. The number of non-ortho nitro benzene ring substituents is 1. The Kier molecular flexibility index (Phi) is 6.17. The maximum absolute atomic E-state index is 12.1. The van der Waals surface area contributed by atoms with Crippen LogP contribution in [0.15, 0.2) is 42.5 Å². The van der Waals surface area contributed by atoms with Crippen LogP contribution in [0, 0.1) is 13.7 Å². The van der Waals surface area contributed by atoms with Crippen LogP contribution in [0.3, 0.4) is 0 Å². The fourth-order valence-corrected chi connectivity index (χ4v) is 2.47. The van der Waals surface area contributed by atoms with E-state index in [0.717, 1.165) is 0 Å². The van der Waals surface area contributed by atoms with Crippen LogP contribution in [-0.4, -0.2) is 24.0 Å². The molecule has 120 valence electrons. The van der Waals surface area contributed by atoms with E-state index in [1.807, 2.05) is 22.6 Å². The molecule has 0 spiro atoms. The van der Waals surface area contributed by atoms with E-state index in [0.29, 0.717) is 14.3 Å². The summed E-state index contributed by atoms with van der Waals surface area (Å²) < 4.78 is 6.10. The predicted octanol–water partition coefficient (Wildman–Crippen LogP) is 3.66. The topological polar surface area (TPSA) is 81.5 Å². The molecule has 0 atom stereocenters. The molecule has 0 aliphatic rings. The summed E-state index contributed by atoms with van der Waals surface area (Å²) >= 11 is 7.73. The van der Waals surface area contributed by atoms with Gasteiger partial charge in [0.2, 0.25) is 0 Å². The Morgan fingerprint density at radius 2 is 1.96 bits per heavy atom. The fourth-order valence-electron chi connectivity index (χ4n) is 1.76. The van der Waals surface area contributed by atoms with Crippen molar-refractivity contribution < 1.29 is 14.5 Å². The summed E-state index contributed by atoms with van der Waals surface area (Å²) in [5.74, 6) is 0.270. The van der Waals surface area contributed by atoms with Crippen LogP contribution >= 0.6 is 34.2 Å². The molecule has 1 N–H and O–H groups in total. The maximum Gasteiger partial charge on any atom is 0.270 e. The molecular weight excluding hydrogens is 435 g/mol. The maximum atomic E-state index is 12.1. The molecule has 0 heterocycles. The average Bonchev–Trinajstić information content (AvgIpc) is 2.53. The standard InChI is InChI=1S/C15H12ClIN2O4/c16-10-1-4-12(5-2-10)23-8-7-18-15(20)13-9-11(19(21)22)3-6-14(13)17/h1-6,9H,7-8H2,(H,18,20). The first-order valence-corrected chi connectivity index (χ1v) is 8.03. The summed E-state index contributed by atoms with van der Waals surface area (Å²) in [7, 11) is 0. The van der Waals surface area contributed by atoms with E-state index in [2.05, 4.69) is 5.32 Å². The van der Waals surface area contributed by atoms with E-state index >= 15 is 0 Å². The lowest BCUT2D eigenvalue weighted by molar-refractivity contribution is -0.384. The highest BCUT2D eigenvalue weighted by molar-refractivity contribution is 14.1. The highest BCUT2D eigenvalue weighted by Gasteiger charge is 2.15. The van der Waals surface area contributed by atoms with Gasteiger partial charge in [-0.05, 0) is 52.9 Å². The number of rotatable bonds is 6. The molecule has 6 nitrogen and oxygen atoms in total. The first-order valence-electron chi connectivity index (χ1n) is 6.58. The number of benzene rings is 2. The number of nitro groups is 1. The SMILES string of the molecule is O=C(NCCOc1ccc(Cl)cc1)c1cc([N+](=O)[O-])ccc1I. The number of nitrogens with one attached hydrogen (secondary N) is 1. The van der Waals surface area contributed by atoms with Gasteiger partial charge in [0, 0.05) is 20.7 Å². The van der Waals surface area contributed by atoms with Gasteiger partial charge in [0.1, 0.15) is 12.4 Å². The summed E-state index contributed by atoms with van der Waals surface area (Å²) in [4.78, 5) is 22.3. The van der Waals surface area contributed by atoms with E-state index in [1.54, 1.807) is 24.3 Å². The molecule has 2 aromatic carbocycles. The van der Waals surface area contributed by atoms with Crippen molar-refractivity contribution in [2.45, 2.75) is 0 Å². The van der Waals surface area contributed by atoms with Crippen molar-refractivity contribution in [1.29, 1.82) is 0 Å². The molecule has 0 radical (unpaired) electrons. The molecule has 23 heavy (non-hydrogen) atoms. The highest BCUT2D eigenvalue weighted by atomic mass is 127. The van der Waals surface area contributed by atoms with Gasteiger partial charge in [-0.3, -0.25) is 14.9 Å². The number of nitro benzene ring substituents is 1. The van der Waals surface area contributed by atoms with Crippen LogP contribution in [-0.2, 0) is 0 Å². The molecule has 0 unspecified atom stereocenters. The van der Waals surface area contributed by atoms with Gasteiger partial charge in [0.05, 0.1) is 17.0 Å². The number of hydrogen-bond donors (Lipinski definition) is 1. The Bertz CT molecular complexity index is 722. The van der Waals surface area contributed by atoms with Crippen molar-refractivity contribution in [2.24, 2.45) is 0 Å². The summed E-state index contributed by atoms with van der Waals surface area (Å²) in [6.07, 6.45) is 0. The Morgan fingerprint density at radius 1 is 1.26 bits per heavy atom. The monoisotopic (exact) mass is 446 g/mol. The van der Waals surface area contributed by atoms with Crippen molar-refractivity contribution in [3.8, 4) is 5.75 Å². The van der Waals surface area contributed by atoms with Gasteiger partial charge >= 0.3 is 0 Å². The number of nitrogens with zero attached hydrogens (tertiary/aromatic N) is 1. The third-order valence-electron chi connectivity index (χ3n) is 2.88. The molecule has 0 aliphatic carbocycles. The zero-order valence-electron chi connectivity index (χ0n) is 11.8. The van der Waals surface area contributed by atoms with Gasteiger partial charge in [-0.1, -0.05) is 11.6 Å². The fraction of sp³-hybridized carbons (Fsp3) is 0.133. The molecule has 2 rings (SSSR count). The predicted molar refractivity (Wildman–Crippen MR) is 95.1 cm³/mol. The van der Waals surface area contributed by atoms with Crippen LogP contribution in [0.1, 0.15) is 10.4 Å². The Hall–Kier alpha value is -1.87. The number of carbonyl (C=O) groups excluding carboxylic acids is 1. The normalized spacial score (nSPS) is 10.2. The van der Waals surface area contributed by atoms with E-state index in [1.165, 1.54) is 18.2 Å². The Labute approximate surface area is 151 Å². The molecular formula is C15H12ClIN2O4. The second-order valence-electron chi connectivity index (χ2n) is 4.48. The Morgan fingerprint density at radius 3 is 2.61 bits per heavy atom. The van der Waals surface area contributed by atoms with Crippen LogP contribution in [0.2, 0.25) is 5.02 Å². The van der Waals surface area contributed by atoms with Gasteiger partial charge < -0.3 is 10.1 Å². The van der Waals surface area contributed by atoms with Crippen molar-refractivity contribution in [3.63, 3.8) is 0 Å². The van der Waals surface area contributed by atoms with Crippen molar-refractivity contribution in [2.75, 3.05) is 13.2 Å². The quantitative estimate of drug-likeness (QED) is 0.318. The third kappa shape index (κ3) is 5.07. The molecule has 0 fully saturated rings. The number of hydrogen-bond acceptors (Lipinski definition) is 4. The minimum Gasteiger partial charge on any atom is -0.492 e. The number of carbonyl (C=O) groups is 1. The van der Waals surface area contributed by atoms with Crippen LogP contribution in [0.25, 0.3) is 0 Å². The smallest absolute Gasteiger partial charge is 0.270 e. The first-order chi connectivity index (χ1) is 11.0. The molecule has 0 saturated heterocycles. The molecule has 8 heteroatoms. The van der Waals surface area contributed by atoms with E-state index < -0.39 is 4.92 Å². The molecule has 0 saturated carbocycles. The van der Waals surface area contributed by atoms with E-state index in [4.69, 9.17) is 16.3 Å². The van der Waals surface area contributed by atoms with Gasteiger partial charge in [-0.25, -0.2) is 0 Å². The summed E-state index contributed by atoms with van der Waals surface area (Å²) in [6, 6.07) is 11.0. The summed E-state index contributed by atoms with van der Waals surface area (Å²) in [5, 5.41) is 14.1. The zero-order valence-corrected chi connectivity index (χ0v) is 14.7. The number of halogens is 2. The van der Waals surface area contributed by atoms with E-state index in [-0.39, 0.29) is 30.3 Å². The van der Waals surface area contributed by atoms with Gasteiger partial charge in [-0.2, -0.15) is 0 Å². The minimum absolute atomic E-state index is 0.118. The van der Waals surface area contributed by atoms with E-state index in [9.17, 15) is 14.9 Å². The van der Waals surface area contributed by atoms with Crippen LogP contribution < -0.4 is 10.1 Å². The summed E-state index contributed by atoms with van der Waals surface area (Å²) in [5.41, 5.74) is 0.152. The lowest BCUT2D eigenvalue weighted by Crippen LogP contribution is -2.28. The number of ether oxygens (including phenoxy) is 1. The molecule has 0 aliphatic heterocycles. The van der Waals surface area contributed by atoms with Gasteiger partial charge in [-0.15, -0.1) is 0 Å². The molecule has 2 aromatic rings. The second kappa shape index (κ2) is 8.11. The van der Waals surface area contributed by atoms with Crippen LogP contribution in [0.5, 0.6) is 5.75 Å². The first kappa shape index (κ1) is 17.5. The van der Waals surface area contributed by atoms with Gasteiger partial charge in [0.25, 0.3) is 11.6 Å². The average molecular weight is 447 g/mol. The molecule has 0 bridgehead atoms. The molecule has 0 aromatic heterocycles. The van der Waals surface area contributed by atoms with Crippen molar-refractivity contribution >= 4 is 45.8 Å². The van der Waals surface area contributed by atoms with Gasteiger partial charge in [0.15, 0.2) is 0 Å². The third-order valence-corrected chi connectivity index (χ3v) is 4.07. The minimum atomic E-state index is -0.531. The second-order valence-corrected chi connectivity index (χ2v) is 6.08. The largest absolute Gasteiger partial charge is 0.492 e. The van der Waals surface area contributed by atoms with Crippen LogP contribution in [0.4, 0.5) is 5.69 Å². The van der Waals surface area contributed by atoms with Crippen molar-refractivity contribution in [1.82, 2.24) is 5.32 Å². The molecule has 1 amide bonds. The summed E-state index contributed by atoms with van der Waals surface area (Å²) in [6.45, 7) is 0.555. The lowest BCUT2D eigenvalue weighted by Gasteiger charge is -2.09.